The smallest absolute Gasteiger partial charge is 0.307 e. The molecule has 5 rings (SSSR count). The monoisotopic (exact) mass is 438 g/mol. The number of ether oxygens (including phenoxy) is 2. The molecule has 166 valence electrons. The van der Waals surface area contributed by atoms with Gasteiger partial charge in [-0.2, -0.15) is 0 Å². The first-order chi connectivity index (χ1) is 16.2. The first-order valence-electron chi connectivity index (χ1n) is 11.2. The molecule has 33 heavy (non-hydrogen) atoms. The molecule has 0 radical (unpaired) electrons. The molecule has 0 saturated heterocycles. The zero-order valence-corrected chi connectivity index (χ0v) is 18.2. The number of benzene rings is 4. The highest BCUT2D eigenvalue weighted by Crippen LogP contribution is 2.57. The van der Waals surface area contributed by atoms with Crippen LogP contribution in [0.15, 0.2) is 103 Å². The molecule has 1 aliphatic carbocycles. The van der Waals surface area contributed by atoms with E-state index in [2.05, 4.69) is 12.1 Å². The average Bonchev–Trinajstić information content (AvgIpc) is 2.84. The quantitative estimate of drug-likeness (QED) is 0.267. The number of rotatable bonds is 8. The Morgan fingerprint density at radius 1 is 0.727 bits per heavy atom. The number of fused-ring (bicyclic) bond motifs is 1. The van der Waals surface area contributed by atoms with Gasteiger partial charge in [0.05, 0.1) is 12.5 Å². The number of aliphatic carboxylic acids is 1. The molecule has 1 N–H and O–H groups in total. The predicted molar refractivity (Wildman–Crippen MR) is 128 cm³/mol. The van der Waals surface area contributed by atoms with Gasteiger partial charge in [0.1, 0.15) is 5.75 Å². The summed E-state index contributed by atoms with van der Waals surface area (Å²) in [6.07, 6.45) is 0. The lowest BCUT2D eigenvalue weighted by atomic mass is 9.53. The molecule has 0 aromatic heterocycles. The SMILES string of the molecule is O=C(O)C1C(c2ccccc2)C(COCOc2cccc3ccccc23)C1c1ccccc1. The van der Waals surface area contributed by atoms with Crippen LogP contribution in [0.5, 0.6) is 5.75 Å². The molecule has 0 spiro atoms. The van der Waals surface area contributed by atoms with Crippen LogP contribution in [0.2, 0.25) is 0 Å². The molecular formula is C29H26O4. The van der Waals surface area contributed by atoms with Gasteiger partial charge in [0.25, 0.3) is 0 Å². The van der Waals surface area contributed by atoms with E-state index in [0.717, 1.165) is 27.6 Å². The second kappa shape index (κ2) is 9.47. The maximum atomic E-state index is 12.3. The fourth-order valence-corrected chi connectivity index (χ4v) is 5.22. The second-order valence-electron chi connectivity index (χ2n) is 8.51. The molecule has 4 nitrogen and oxygen atoms in total. The predicted octanol–water partition coefficient (Wildman–Crippen LogP) is 6.09. The molecule has 0 aliphatic heterocycles. The molecule has 1 saturated carbocycles. The van der Waals surface area contributed by atoms with Gasteiger partial charge in [-0.15, -0.1) is 0 Å². The van der Waals surface area contributed by atoms with Crippen molar-refractivity contribution >= 4 is 16.7 Å². The Hall–Kier alpha value is -3.63. The van der Waals surface area contributed by atoms with Crippen molar-refractivity contribution in [2.45, 2.75) is 11.8 Å². The first kappa shape index (κ1) is 21.2. The van der Waals surface area contributed by atoms with Gasteiger partial charge in [0, 0.05) is 17.2 Å². The van der Waals surface area contributed by atoms with E-state index in [0.29, 0.717) is 6.61 Å². The van der Waals surface area contributed by atoms with Gasteiger partial charge in [0.2, 0.25) is 0 Å². The third-order valence-corrected chi connectivity index (χ3v) is 6.71. The Morgan fingerprint density at radius 2 is 1.30 bits per heavy atom. The number of carbonyl (C=O) groups is 1. The van der Waals surface area contributed by atoms with Crippen LogP contribution < -0.4 is 4.74 Å². The molecule has 2 unspecified atom stereocenters. The summed E-state index contributed by atoms with van der Waals surface area (Å²) in [6, 6.07) is 33.9. The highest BCUT2D eigenvalue weighted by atomic mass is 16.7. The van der Waals surface area contributed by atoms with Crippen molar-refractivity contribution in [3.63, 3.8) is 0 Å². The van der Waals surface area contributed by atoms with Crippen LogP contribution in [0.25, 0.3) is 10.8 Å². The van der Waals surface area contributed by atoms with Gasteiger partial charge >= 0.3 is 5.97 Å². The van der Waals surface area contributed by atoms with E-state index in [-0.39, 0.29) is 24.5 Å². The number of hydrogen-bond donors (Lipinski definition) is 1. The Balaban J connectivity index is 1.34. The van der Waals surface area contributed by atoms with E-state index in [1.54, 1.807) is 0 Å². The largest absolute Gasteiger partial charge is 0.481 e. The standard InChI is InChI=1S/C29H26O4/c30-29(31)28-26(21-11-3-1-4-12-21)24(27(28)22-13-5-2-6-14-22)18-32-19-33-25-17-9-15-20-10-7-8-16-23(20)25/h1-17,24,26-28H,18-19H2,(H,30,31). The summed E-state index contributed by atoms with van der Waals surface area (Å²) >= 11 is 0. The lowest BCUT2D eigenvalue weighted by molar-refractivity contribution is -0.152. The van der Waals surface area contributed by atoms with Crippen molar-refractivity contribution in [2.24, 2.45) is 11.8 Å². The van der Waals surface area contributed by atoms with Crippen LogP contribution >= 0.6 is 0 Å². The van der Waals surface area contributed by atoms with Crippen molar-refractivity contribution in [3.05, 3.63) is 114 Å². The first-order valence-corrected chi connectivity index (χ1v) is 11.2. The van der Waals surface area contributed by atoms with Crippen LogP contribution in [0.1, 0.15) is 23.0 Å². The third-order valence-electron chi connectivity index (χ3n) is 6.71. The van der Waals surface area contributed by atoms with Crippen molar-refractivity contribution in [1.29, 1.82) is 0 Å². The summed E-state index contributed by atoms with van der Waals surface area (Å²) in [7, 11) is 0. The summed E-state index contributed by atoms with van der Waals surface area (Å²) < 4.78 is 12.0. The minimum Gasteiger partial charge on any atom is -0.481 e. The van der Waals surface area contributed by atoms with Gasteiger partial charge in [-0.3, -0.25) is 4.79 Å². The summed E-state index contributed by atoms with van der Waals surface area (Å²) in [5, 5.41) is 12.2. The third kappa shape index (κ3) is 4.22. The van der Waals surface area contributed by atoms with Crippen LogP contribution in [0.3, 0.4) is 0 Å². The van der Waals surface area contributed by atoms with E-state index in [4.69, 9.17) is 9.47 Å². The maximum Gasteiger partial charge on any atom is 0.307 e. The molecule has 4 heteroatoms. The van der Waals surface area contributed by atoms with E-state index in [9.17, 15) is 9.90 Å². The number of carboxylic acids is 1. The topological polar surface area (TPSA) is 55.8 Å². The minimum atomic E-state index is -0.763. The second-order valence-corrected chi connectivity index (χ2v) is 8.51. The molecule has 1 aliphatic rings. The lowest BCUT2D eigenvalue weighted by Crippen LogP contribution is -2.49. The van der Waals surface area contributed by atoms with Gasteiger partial charge in [0.15, 0.2) is 6.79 Å². The fourth-order valence-electron chi connectivity index (χ4n) is 5.22. The molecule has 0 heterocycles. The van der Waals surface area contributed by atoms with Crippen molar-refractivity contribution in [2.75, 3.05) is 13.4 Å². The summed E-state index contributed by atoms with van der Waals surface area (Å²) in [6.45, 7) is 0.541. The molecule has 4 aromatic rings. The van der Waals surface area contributed by atoms with Crippen LogP contribution in [0.4, 0.5) is 0 Å². The Labute approximate surface area is 193 Å². The Kier molecular flexibility index (Phi) is 6.09. The fraction of sp³-hybridized carbons (Fsp3) is 0.207. The lowest BCUT2D eigenvalue weighted by Gasteiger charge is -2.50. The van der Waals surface area contributed by atoms with Gasteiger partial charge in [-0.25, -0.2) is 0 Å². The number of hydrogen-bond acceptors (Lipinski definition) is 3. The summed E-state index contributed by atoms with van der Waals surface area (Å²) in [5.74, 6) is -0.627. The molecular weight excluding hydrogens is 412 g/mol. The molecule has 4 aromatic carbocycles. The van der Waals surface area contributed by atoms with Gasteiger partial charge < -0.3 is 14.6 Å². The maximum absolute atomic E-state index is 12.3. The van der Waals surface area contributed by atoms with Crippen LogP contribution in [-0.2, 0) is 9.53 Å². The van der Waals surface area contributed by atoms with Crippen molar-refractivity contribution in [3.8, 4) is 5.75 Å². The van der Waals surface area contributed by atoms with Crippen LogP contribution in [-0.4, -0.2) is 24.5 Å². The molecule has 2 atom stereocenters. The molecule has 0 bridgehead atoms. The highest BCUT2D eigenvalue weighted by Gasteiger charge is 2.55. The molecule has 0 amide bonds. The minimum absolute atomic E-state index is 0.0482. The van der Waals surface area contributed by atoms with Crippen molar-refractivity contribution in [1.82, 2.24) is 0 Å². The van der Waals surface area contributed by atoms with Crippen molar-refractivity contribution < 1.29 is 19.4 Å². The Bertz CT molecular complexity index is 1170. The van der Waals surface area contributed by atoms with Gasteiger partial charge in [-0.1, -0.05) is 97.1 Å². The van der Waals surface area contributed by atoms with E-state index in [1.165, 1.54) is 0 Å². The van der Waals surface area contributed by atoms with Gasteiger partial charge in [-0.05, 0) is 28.5 Å². The van der Waals surface area contributed by atoms with E-state index in [1.807, 2.05) is 91.0 Å². The normalized spacial score (nSPS) is 21.9. The molecule has 1 fully saturated rings. The average molecular weight is 439 g/mol. The summed E-state index contributed by atoms with van der Waals surface area (Å²) in [4.78, 5) is 12.3. The van der Waals surface area contributed by atoms with E-state index < -0.39 is 11.9 Å². The highest BCUT2D eigenvalue weighted by molar-refractivity contribution is 5.88. The summed E-state index contributed by atoms with van der Waals surface area (Å²) in [5.41, 5.74) is 2.08. The Morgan fingerprint density at radius 3 is 1.94 bits per heavy atom. The van der Waals surface area contributed by atoms with Crippen LogP contribution in [0, 0.1) is 11.8 Å². The zero-order valence-electron chi connectivity index (χ0n) is 18.2. The zero-order chi connectivity index (χ0) is 22.6. The number of carboxylic acid groups (broad SMARTS) is 1. The van der Waals surface area contributed by atoms with E-state index >= 15 is 0 Å².